The van der Waals surface area contributed by atoms with Gasteiger partial charge >= 0.3 is 5.97 Å². The maximum absolute atomic E-state index is 14.9. The number of amides is 2. The molecule has 0 aliphatic rings. The zero-order valence-electron chi connectivity index (χ0n) is 29.0. The van der Waals surface area contributed by atoms with Crippen LogP contribution in [0.3, 0.4) is 0 Å². The van der Waals surface area contributed by atoms with Crippen molar-refractivity contribution >= 4 is 34.5 Å². The van der Waals surface area contributed by atoms with E-state index in [0.29, 0.717) is 42.5 Å². The quantitative estimate of drug-likeness (QED) is 0.0448. The molecule has 3 aromatic rings. The summed E-state index contributed by atoms with van der Waals surface area (Å²) in [6.45, 7) is 4.58. The molecule has 262 valence electrons. The van der Waals surface area contributed by atoms with E-state index in [9.17, 15) is 24.3 Å². The summed E-state index contributed by atoms with van der Waals surface area (Å²) in [7, 11) is 0. The Labute approximate surface area is 285 Å². The molecule has 0 spiro atoms. The second-order valence-electron chi connectivity index (χ2n) is 13.2. The lowest BCUT2D eigenvalue weighted by Gasteiger charge is -2.38. The Hall–Kier alpha value is -3.98. The van der Waals surface area contributed by atoms with Crippen LogP contribution in [0.4, 0.5) is 0 Å². The van der Waals surface area contributed by atoms with Gasteiger partial charge in [-0.25, -0.2) is 0 Å². The summed E-state index contributed by atoms with van der Waals surface area (Å²) < 4.78 is 0. The van der Waals surface area contributed by atoms with Gasteiger partial charge in [-0.2, -0.15) is 0 Å². The normalized spacial score (nSPS) is 13.2. The number of rotatable bonds is 24. The van der Waals surface area contributed by atoms with E-state index in [2.05, 4.69) is 18.8 Å². The topological polar surface area (TPSA) is 160 Å². The number of primary amides is 1. The van der Waals surface area contributed by atoms with Gasteiger partial charge in [0.15, 0.2) is 11.3 Å². The van der Waals surface area contributed by atoms with Crippen LogP contribution < -0.4 is 11.5 Å². The van der Waals surface area contributed by atoms with Crippen LogP contribution in [-0.2, 0) is 20.8 Å². The van der Waals surface area contributed by atoms with Gasteiger partial charge in [0.25, 0.3) is 5.91 Å². The van der Waals surface area contributed by atoms with E-state index >= 15 is 0 Å². The van der Waals surface area contributed by atoms with Crippen molar-refractivity contribution in [3.05, 3.63) is 71.4 Å². The first-order chi connectivity index (χ1) is 23.1. The third-order valence-electron chi connectivity index (χ3n) is 9.27. The van der Waals surface area contributed by atoms with Gasteiger partial charge in [0, 0.05) is 54.0 Å². The Morgan fingerprint density at radius 2 is 1.46 bits per heavy atom. The van der Waals surface area contributed by atoms with Gasteiger partial charge in [-0.3, -0.25) is 19.2 Å². The number of aromatic amines is 1. The van der Waals surface area contributed by atoms with Crippen molar-refractivity contribution in [3.8, 4) is 0 Å². The van der Waals surface area contributed by atoms with E-state index in [1.54, 1.807) is 4.90 Å². The van der Waals surface area contributed by atoms with Gasteiger partial charge in [0.2, 0.25) is 5.91 Å². The fourth-order valence-electron chi connectivity index (χ4n) is 6.62. The number of carbonyl (C=O) groups is 4. The van der Waals surface area contributed by atoms with E-state index in [-0.39, 0.29) is 25.7 Å². The molecule has 0 radical (unpaired) electrons. The van der Waals surface area contributed by atoms with Crippen LogP contribution in [0.5, 0.6) is 0 Å². The molecule has 0 bridgehead atoms. The third-order valence-corrected chi connectivity index (χ3v) is 9.27. The molecule has 2 aromatic carbocycles. The Morgan fingerprint density at radius 3 is 2.12 bits per heavy atom. The Morgan fingerprint density at radius 1 is 0.833 bits per heavy atom. The van der Waals surface area contributed by atoms with Gasteiger partial charge in [-0.1, -0.05) is 120 Å². The molecule has 0 fully saturated rings. The number of H-pyrrole nitrogens is 1. The Balaban J connectivity index is 2.05. The predicted molar refractivity (Wildman–Crippen MR) is 192 cm³/mol. The first-order valence-electron chi connectivity index (χ1n) is 17.9. The summed E-state index contributed by atoms with van der Waals surface area (Å²) >= 11 is 0. The maximum Gasteiger partial charge on any atom is 0.303 e. The Kier molecular flexibility index (Phi) is 15.8. The number of ketones is 1. The van der Waals surface area contributed by atoms with Crippen molar-refractivity contribution in [2.24, 2.45) is 11.5 Å². The van der Waals surface area contributed by atoms with Crippen LogP contribution in [-0.4, -0.2) is 56.7 Å². The number of fused-ring (bicyclic) bond motifs is 1. The van der Waals surface area contributed by atoms with E-state index in [1.165, 1.54) is 19.3 Å². The molecule has 2 amide bonds. The van der Waals surface area contributed by atoms with Crippen LogP contribution in [0.15, 0.2) is 54.6 Å². The molecular weight excluding hydrogens is 604 g/mol. The van der Waals surface area contributed by atoms with Crippen LogP contribution in [0.2, 0.25) is 0 Å². The Bertz CT molecular complexity index is 1470. The lowest BCUT2D eigenvalue weighted by atomic mass is 9.81. The molecule has 6 N–H and O–H groups in total. The van der Waals surface area contributed by atoms with Gasteiger partial charge < -0.3 is 26.5 Å². The van der Waals surface area contributed by atoms with Crippen molar-refractivity contribution in [3.63, 3.8) is 0 Å². The van der Waals surface area contributed by atoms with Gasteiger partial charge in [-0.05, 0) is 37.3 Å². The molecule has 0 unspecified atom stereocenters. The van der Waals surface area contributed by atoms with Gasteiger partial charge in [-0.15, -0.1) is 0 Å². The molecule has 48 heavy (non-hydrogen) atoms. The molecule has 2 atom stereocenters. The first kappa shape index (κ1) is 38.5. The summed E-state index contributed by atoms with van der Waals surface area (Å²) in [5.74, 6) is -2.66. The number of Topliss-reactive ketones (excluding diaryl/α,β-unsaturated/α-hetero) is 1. The number of unbranched alkanes of at least 4 members (excludes halogenated alkanes) is 8. The number of carboxylic acids is 1. The zero-order valence-corrected chi connectivity index (χ0v) is 29.0. The van der Waals surface area contributed by atoms with Crippen LogP contribution in [0.1, 0.15) is 132 Å². The van der Waals surface area contributed by atoms with E-state index < -0.39 is 35.1 Å². The average molecular weight is 661 g/mol. The second kappa shape index (κ2) is 19.7. The van der Waals surface area contributed by atoms with Crippen molar-refractivity contribution < 1.29 is 24.3 Å². The number of benzene rings is 2. The minimum Gasteiger partial charge on any atom is -0.481 e. The monoisotopic (exact) mass is 660 g/mol. The van der Waals surface area contributed by atoms with Crippen molar-refractivity contribution in [1.82, 2.24) is 9.88 Å². The molecule has 3 rings (SSSR count). The van der Waals surface area contributed by atoms with Crippen LogP contribution in [0, 0.1) is 0 Å². The third kappa shape index (κ3) is 11.0. The van der Waals surface area contributed by atoms with E-state index in [4.69, 9.17) is 11.5 Å². The standard InChI is InChI=1S/C39H56N4O5/c1-3-5-7-8-9-10-14-21-30(28-34(40)44)43(26-17-6-4-2)38(48)39(41,25-18-24-35(45)46)37(47)36-31-22-15-16-23-32(31)42-33(36)27-29-19-12-11-13-20-29/h11-13,15-16,19-20,22-23,30,42H,3-10,14,17-18,21,24-28,41H2,1-2H3,(H2,40,44)(H,45,46)/t30-,39-/m0/s1. The number of hydrogen-bond acceptors (Lipinski definition) is 5. The molecule has 9 nitrogen and oxygen atoms in total. The smallest absolute Gasteiger partial charge is 0.303 e. The molecular formula is C39H56N4O5. The highest BCUT2D eigenvalue weighted by molar-refractivity contribution is 6.23. The number of aromatic nitrogens is 1. The number of carboxylic acid groups (broad SMARTS) is 1. The average Bonchev–Trinajstić information content (AvgIpc) is 3.42. The SMILES string of the molecule is CCCCCCCCC[C@@H](CC(N)=O)N(CCCCC)C(=O)[C@](N)(CCCC(=O)O)C(=O)c1c(Cc2ccccc2)[nH]c2ccccc12. The summed E-state index contributed by atoms with van der Waals surface area (Å²) in [6, 6.07) is 16.7. The van der Waals surface area contributed by atoms with Gasteiger partial charge in [0.1, 0.15) is 0 Å². The maximum atomic E-state index is 14.9. The van der Waals surface area contributed by atoms with Crippen LogP contribution in [0.25, 0.3) is 10.9 Å². The fourth-order valence-corrected chi connectivity index (χ4v) is 6.62. The van der Waals surface area contributed by atoms with E-state index in [0.717, 1.165) is 49.6 Å². The summed E-state index contributed by atoms with van der Waals surface area (Å²) in [4.78, 5) is 58.8. The first-order valence-corrected chi connectivity index (χ1v) is 17.9. The fraction of sp³-hybridized carbons (Fsp3) is 0.538. The number of para-hydroxylation sites is 1. The molecule has 0 aliphatic carbocycles. The van der Waals surface area contributed by atoms with Crippen molar-refractivity contribution in [1.29, 1.82) is 0 Å². The zero-order chi connectivity index (χ0) is 34.9. The molecule has 0 aliphatic heterocycles. The summed E-state index contributed by atoms with van der Waals surface area (Å²) in [6.07, 6.45) is 10.7. The lowest BCUT2D eigenvalue weighted by molar-refractivity contribution is -0.140. The lowest BCUT2D eigenvalue weighted by Crippen LogP contribution is -2.62. The highest BCUT2D eigenvalue weighted by Crippen LogP contribution is 2.32. The number of nitrogens with zero attached hydrogens (tertiary/aromatic N) is 1. The van der Waals surface area contributed by atoms with Crippen molar-refractivity contribution in [2.45, 2.75) is 128 Å². The van der Waals surface area contributed by atoms with Gasteiger partial charge in [0.05, 0.1) is 0 Å². The van der Waals surface area contributed by atoms with E-state index in [1.807, 2.05) is 54.6 Å². The molecule has 1 heterocycles. The highest BCUT2D eigenvalue weighted by Gasteiger charge is 2.47. The summed E-state index contributed by atoms with van der Waals surface area (Å²) in [5.41, 5.74) is 13.5. The predicted octanol–water partition coefficient (Wildman–Crippen LogP) is 7.30. The molecule has 1 aromatic heterocycles. The number of nitrogens with one attached hydrogen (secondary N) is 1. The van der Waals surface area contributed by atoms with Crippen LogP contribution >= 0.6 is 0 Å². The van der Waals surface area contributed by atoms with Crippen molar-refractivity contribution in [2.75, 3.05) is 6.54 Å². The largest absolute Gasteiger partial charge is 0.481 e. The molecule has 0 saturated heterocycles. The number of hydrogen-bond donors (Lipinski definition) is 4. The number of aliphatic carboxylic acids is 1. The second-order valence-corrected chi connectivity index (χ2v) is 13.2. The minimum absolute atomic E-state index is 0.0283. The molecule has 0 saturated carbocycles. The summed E-state index contributed by atoms with van der Waals surface area (Å²) in [5, 5.41) is 10.1. The molecule has 9 heteroatoms. The number of nitrogens with two attached hydrogens (primary N) is 2. The highest BCUT2D eigenvalue weighted by atomic mass is 16.4. The number of carbonyl (C=O) groups excluding carboxylic acids is 3. The minimum atomic E-state index is -2.05.